The van der Waals surface area contributed by atoms with Crippen LogP contribution < -0.4 is 0 Å². The van der Waals surface area contributed by atoms with E-state index >= 15 is 0 Å². The zero-order chi connectivity index (χ0) is 14.2. The van der Waals surface area contributed by atoms with Gasteiger partial charge in [0.05, 0.1) is 0 Å². The fourth-order valence-corrected chi connectivity index (χ4v) is 4.65. The van der Waals surface area contributed by atoms with E-state index in [0.717, 1.165) is 33.3 Å². The molecule has 0 saturated heterocycles. The predicted molar refractivity (Wildman–Crippen MR) is 102 cm³/mol. The van der Waals surface area contributed by atoms with Crippen molar-refractivity contribution < 1.29 is 0 Å². The van der Waals surface area contributed by atoms with Crippen LogP contribution >= 0.6 is 95.6 Å². The minimum atomic E-state index is 0.846. The molecular formula is C13H6Br6. The van der Waals surface area contributed by atoms with E-state index in [4.69, 9.17) is 0 Å². The van der Waals surface area contributed by atoms with Gasteiger partial charge in [0.25, 0.3) is 0 Å². The molecule has 100 valence electrons. The highest BCUT2D eigenvalue weighted by molar-refractivity contribution is 9.13. The summed E-state index contributed by atoms with van der Waals surface area (Å²) in [5, 5.41) is 0. The Morgan fingerprint density at radius 2 is 0.789 bits per heavy atom. The molecule has 0 aliphatic rings. The smallest absolute Gasteiger partial charge is 0.0328 e. The second-order valence-electron chi connectivity index (χ2n) is 3.89. The van der Waals surface area contributed by atoms with Gasteiger partial charge in [-0.05, 0) is 106 Å². The van der Waals surface area contributed by atoms with Crippen molar-refractivity contribution >= 4 is 95.6 Å². The van der Waals surface area contributed by atoms with Crippen LogP contribution in [0.2, 0.25) is 0 Å². The summed E-state index contributed by atoms with van der Waals surface area (Å²) in [6.45, 7) is 0. The fourth-order valence-electron chi connectivity index (χ4n) is 1.60. The Labute approximate surface area is 162 Å². The van der Waals surface area contributed by atoms with Crippen molar-refractivity contribution in [2.24, 2.45) is 0 Å². The van der Waals surface area contributed by atoms with E-state index in [-0.39, 0.29) is 0 Å². The molecule has 0 heterocycles. The van der Waals surface area contributed by atoms with Crippen LogP contribution in [0.15, 0.2) is 51.1 Å². The minimum absolute atomic E-state index is 0.846. The highest BCUT2D eigenvalue weighted by Gasteiger charge is 2.10. The van der Waals surface area contributed by atoms with Gasteiger partial charge in [0.1, 0.15) is 0 Å². The minimum Gasteiger partial charge on any atom is -0.0505 e. The maximum atomic E-state index is 3.61. The fraction of sp³-hybridized carbons (Fsp3) is 0.0769. The first-order chi connectivity index (χ1) is 8.88. The molecule has 0 fully saturated rings. The predicted octanol–water partition coefficient (Wildman–Crippen LogP) is 7.85. The lowest BCUT2D eigenvalue weighted by atomic mass is 10.1. The van der Waals surface area contributed by atoms with E-state index in [1.54, 1.807) is 0 Å². The van der Waals surface area contributed by atoms with E-state index < -0.39 is 0 Å². The van der Waals surface area contributed by atoms with Crippen LogP contribution in [0.4, 0.5) is 0 Å². The zero-order valence-corrected chi connectivity index (χ0v) is 18.8. The van der Waals surface area contributed by atoms with Crippen molar-refractivity contribution in [3.8, 4) is 0 Å². The first kappa shape index (κ1) is 16.7. The van der Waals surface area contributed by atoms with Gasteiger partial charge in [0.15, 0.2) is 0 Å². The molecule has 0 bridgehead atoms. The van der Waals surface area contributed by atoms with Crippen LogP contribution in [0.25, 0.3) is 0 Å². The SMILES string of the molecule is Brc1cc(Br)c(Cc2cc(Br)c(Br)cc2Br)cc1Br. The van der Waals surface area contributed by atoms with Crippen LogP contribution in [-0.4, -0.2) is 0 Å². The molecule has 6 heteroatoms. The van der Waals surface area contributed by atoms with Gasteiger partial charge < -0.3 is 0 Å². The van der Waals surface area contributed by atoms with Gasteiger partial charge in [-0.25, -0.2) is 0 Å². The largest absolute Gasteiger partial charge is 0.0505 e. The number of benzene rings is 2. The Morgan fingerprint density at radius 3 is 1.16 bits per heavy atom. The first-order valence-corrected chi connectivity index (χ1v) is 9.91. The Balaban J connectivity index is 2.42. The van der Waals surface area contributed by atoms with Crippen molar-refractivity contribution in [1.82, 2.24) is 0 Å². The van der Waals surface area contributed by atoms with E-state index in [1.807, 2.05) is 0 Å². The van der Waals surface area contributed by atoms with Crippen LogP contribution in [0.5, 0.6) is 0 Å². The summed E-state index contributed by atoms with van der Waals surface area (Å²) < 4.78 is 6.37. The molecule has 0 aromatic heterocycles. The second-order valence-corrected chi connectivity index (χ2v) is 9.02. The number of halogens is 6. The van der Waals surface area contributed by atoms with Crippen LogP contribution in [0, 0.1) is 0 Å². The topological polar surface area (TPSA) is 0 Å². The average Bonchev–Trinajstić information content (AvgIpc) is 2.32. The molecule has 0 spiro atoms. The molecule has 0 atom stereocenters. The van der Waals surface area contributed by atoms with Crippen molar-refractivity contribution in [2.75, 3.05) is 0 Å². The van der Waals surface area contributed by atoms with Crippen molar-refractivity contribution in [2.45, 2.75) is 6.42 Å². The third-order valence-corrected chi connectivity index (χ3v) is 7.72. The Kier molecular flexibility index (Phi) is 6.19. The number of hydrogen-bond acceptors (Lipinski definition) is 0. The highest BCUT2D eigenvalue weighted by atomic mass is 79.9. The number of rotatable bonds is 2. The van der Waals surface area contributed by atoms with Gasteiger partial charge in [-0.1, -0.05) is 31.9 Å². The summed E-state index contributed by atoms with van der Waals surface area (Å²) in [5.41, 5.74) is 2.45. The molecule has 0 N–H and O–H groups in total. The van der Waals surface area contributed by atoms with Crippen molar-refractivity contribution in [3.05, 3.63) is 62.2 Å². The molecule has 0 nitrogen and oxygen atoms in total. The van der Waals surface area contributed by atoms with Crippen LogP contribution in [0.3, 0.4) is 0 Å². The number of hydrogen-bond donors (Lipinski definition) is 0. The summed E-state index contributed by atoms with van der Waals surface area (Å²) >= 11 is 21.3. The first-order valence-electron chi connectivity index (χ1n) is 5.15. The Morgan fingerprint density at radius 1 is 0.474 bits per heavy atom. The maximum absolute atomic E-state index is 3.61. The third-order valence-electron chi connectivity index (χ3n) is 2.56. The van der Waals surface area contributed by atoms with Gasteiger partial charge in [0, 0.05) is 26.8 Å². The van der Waals surface area contributed by atoms with E-state index in [1.165, 1.54) is 11.1 Å². The van der Waals surface area contributed by atoms with Crippen molar-refractivity contribution in [1.29, 1.82) is 0 Å². The van der Waals surface area contributed by atoms with Gasteiger partial charge in [-0.15, -0.1) is 0 Å². The molecule has 0 unspecified atom stereocenters. The summed E-state index contributed by atoms with van der Waals surface area (Å²) in [5.74, 6) is 0. The maximum Gasteiger partial charge on any atom is 0.0328 e. The lowest BCUT2D eigenvalue weighted by Gasteiger charge is -2.10. The van der Waals surface area contributed by atoms with Crippen molar-refractivity contribution in [3.63, 3.8) is 0 Å². The van der Waals surface area contributed by atoms with E-state index in [2.05, 4.69) is 120 Å². The van der Waals surface area contributed by atoms with Gasteiger partial charge >= 0.3 is 0 Å². The highest BCUT2D eigenvalue weighted by Crippen LogP contribution is 2.35. The third kappa shape index (κ3) is 4.16. The molecule has 0 aliphatic heterocycles. The Bertz CT molecular complexity index is 580. The van der Waals surface area contributed by atoms with E-state index in [0.29, 0.717) is 0 Å². The van der Waals surface area contributed by atoms with E-state index in [9.17, 15) is 0 Å². The van der Waals surface area contributed by atoms with Gasteiger partial charge in [0.2, 0.25) is 0 Å². The standard InChI is InChI=1S/C13H6Br6/c14-8-4-12(18)10(16)2-6(8)1-7-3-11(17)13(19)5-9(7)15/h2-5H,1H2. The quantitative estimate of drug-likeness (QED) is 0.293. The van der Waals surface area contributed by atoms with Crippen LogP contribution in [0.1, 0.15) is 11.1 Å². The Hall–Kier alpha value is 1.32. The molecule has 2 aromatic rings. The lowest BCUT2D eigenvalue weighted by molar-refractivity contribution is 1.15. The average molecular weight is 642 g/mol. The van der Waals surface area contributed by atoms with Crippen LogP contribution in [-0.2, 0) is 6.42 Å². The monoisotopic (exact) mass is 636 g/mol. The van der Waals surface area contributed by atoms with Gasteiger partial charge in [-0.3, -0.25) is 0 Å². The molecule has 19 heavy (non-hydrogen) atoms. The van der Waals surface area contributed by atoms with Gasteiger partial charge in [-0.2, -0.15) is 0 Å². The summed E-state index contributed by atoms with van der Waals surface area (Å²) in [6.07, 6.45) is 0.846. The lowest BCUT2D eigenvalue weighted by Crippen LogP contribution is -1.93. The molecule has 0 radical (unpaired) electrons. The molecule has 0 saturated carbocycles. The normalized spacial score (nSPS) is 10.8. The molecule has 0 aliphatic carbocycles. The zero-order valence-electron chi connectivity index (χ0n) is 9.28. The molecule has 2 aromatic carbocycles. The summed E-state index contributed by atoms with van der Waals surface area (Å²) in [6, 6.07) is 8.36. The summed E-state index contributed by atoms with van der Waals surface area (Å²) in [7, 11) is 0. The summed E-state index contributed by atoms with van der Waals surface area (Å²) in [4.78, 5) is 0. The molecule has 2 rings (SSSR count). The second kappa shape index (κ2) is 7.05. The molecular weight excluding hydrogens is 636 g/mol. The molecule has 0 amide bonds.